The van der Waals surface area contributed by atoms with Crippen molar-refractivity contribution in [3.8, 4) is 5.75 Å². The van der Waals surface area contributed by atoms with Gasteiger partial charge in [0.1, 0.15) is 5.75 Å². The number of rotatable bonds is 5. The van der Waals surface area contributed by atoms with Crippen molar-refractivity contribution in [3.63, 3.8) is 0 Å². The molecule has 0 fully saturated rings. The van der Waals surface area contributed by atoms with Crippen LogP contribution in [0.1, 0.15) is 27.2 Å². The summed E-state index contributed by atoms with van der Waals surface area (Å²) in [6.45, 7) is 4.54. The maximum absolute atomic E-state index is 12.9. The van der Waals surface area contributed by atoms with Gasteiger partial charge < -0.3 is 10.1 Å². The molecular weight excluding hydrogens is 364 g/mol. The van der Waals surface area contributed by atoms with Crippen LogP contribution in [0, 0.1) is 13.8 Å². The third-order valence-corrected chi connectivity index (χ3v) is 4.78. The topological polar surface area (TPSA) is 69.0 Å². The van der Waals surface area contributed by atoms with Gasteiger partial charge in [0.05, 0.1) is 30.8 Å². The molecule has 1 N–H and O–H groups in total. The van der Waals surface area contributed by atoms with Crippen LogP contribution in [0.15, 0.2) is 60.8 Å². The number of nitrogens with zero attached hydrogens (tertiary/aromatic N) is 3. The molecule has 0 saturated carbocycles. The first-order valence-corrected chi connectivity index (χ1v) is 9.37. The van der Waals surface area contributed by atoms with Crippen LogP contribution in [-0.2, 0) is 6.54 Å². The summed E-state index contributed by atoms with van der Waals surface area (Å²) in [4.78, 5) is 17.6. The lowest BCUT2D eigenvalue weighted by atomic mass is 10.1. The molecule has 1 amide bonds. The first kappa shape index (κ1) is 18.7. The van der Waals surface area contributed by atoms with Gasteiger partial charge in [-0.15, -0.1) is 0 Å². The van der Waals surface area contributed by atoms with E-state index >= 15 is 0 Å². The number of carbonyl (C=O) groups excluding carboxylic acids is 1. The van der Waals surface area contributed by atoms with Crippen LogP contribution in [0.5, 0.6) is 5.75 Å². The summed E-state index contributed by atoms with van der Waals surface area (Å²) in [6, 6.07) is 17.3. The molecule has 146 valence electrons. The lowest BCUT2D eigenvalue weighted by molar-refractivity contribution is 0.102. The maximum Gasteiger partial charge on any atom is 0.256 e. The van der Waals surface area contributed by atoms with Gasteiger partial charge in [0.25, 0.3) is 5.91 Å². The number of pyridine rings is 1. The summed E-state index contributed by atoms with van der Waals surface area (Å²) < 4.78 is 6.99. The van der Waals surface area contributed by atoms with E-state index in [-0.39, 0.29) is 5.91 Å². The minimum absolute atomic E-state index is 0.194. The molecule has 2 aromatic carbocycles. The van der Waals surface area contributed by atoms with Gasteiger partial charge in [-0.2, -0.15) is 5.10 Å². The quantitative estimate of drug-likeness (QED) is 0.553. The Bertz CT molecular complexity index is 1160. The number of methoxy groups -OCH3 is 1. The van der Waals surface area contributed by atoms with Crippen LogP contribution in [0.4, 0.5) is 5.69 Å². The third kappa shape index (κ3) is 3.96. The van der Waals surface area contributed by atoms with E-state index in [1.807, 2.05) is 35.9 Å². The fourth-order valence-corrected chi connectivity index (χ4v) is 3.22. The average Bonchev–Trinajstić information content (AvgIpc) is 3.12. The molecule has 6 nitrogen and oxygen atoms in total. The Hall–Kier alpha value is -3.67. The number of hydrogen-bond acceptors (Lipinski definition) is 4. The molecule has 0 unspecified atom stereocenters. The van der Waals surface area contributed by atoms with Crippen molar-refractivity contribution in [1.82, 2.24) is 14.8 Å². The molecule has 0 bridgehead atoms. The maximum atomic E-state index is 12.9. The number of aromatic nitrogens is 3. The predicted octanol–water partition coefficient (Wildman–Crippen LogP) is 4.36. The van der Waals surface area contributed by atoms with E-state index in [2.05, 4.69) is 46.6 Å². The molecule has 0 aliphatic carbocycles. The summed E-state index contributed by atoms with van der Waals surface area (Å²) in [6.07, 6.45) is 1.71. The van der Waals surface area contributed by atoms with E-state index < -0.39 is 0 Å². The highest BCUT2D eigenvalue weighted by molar-refractivity contribution is 6.12. The number of nitrogens with one attached hydrogen (secondary N) is 1. The van der Waals surface area contributed by atoms with E-state index in [1.54, 1.807) is 19.4 Å². The van der Waals surface area contributed by atoms with Crippen LogP contribution in [0.3, 0.4) is 0 Å². The minimum Gasteiger partial charge on any atom is -0.497 e. The summed E-state index contributed by atoms with van der Waals surface area (Å²) in [5.74, 6) is 0.545. The second kappa shape index (κ2) is 7.75. The van der Waals surface area contributed by atoms with Crippen molar-refractivity contribution in [1.29, 1.82) is 0 Å². The molecular formula is C23H22N4O2. The number of fused-ring (bicyclic) bond motifs is 1. The Morgan fingerprint density at radius 1 is 1.07 bits per heavy atom. The number of carbonyl (C=O) groups is 1. The van der Waals surface area contributed by atoms with Gasteiger partial charge in [-0.05, 0) is 49.7 Å². The normalized spacial score (nSPS) is 10.9. The number of anilines is 1. The number of ether oxygens (including phenoxy) is 1. The molecule has 4 aromatic rings. The highest BCUT2D eigenvalue weighted by Crippen LogP contribution is 2.22. The standard InChI is InChI=1S/C23H22N4O2/c1-15-4-6-17(7-5-15)14-27-22-21(13-24-27)20(12-16(2)25-22)23(28)26-18-8-10-19(29-3)11-9-18/h4-13H,14H2,1-3H3,(H,26,28). The van der Waals surface area contributed by atoms with Gasteiger partial charge >= 0.3 is 0 Å². The van der Waals surface area contributed by atoms with Crippen molar-refractivity contribution < 1.29 is 9.53 Å². The molecule has 2 aromatic heterocycles. The van der Waals surface area contributed by atoms with E-state index in [1.165, 1.54) is 5.56 Å². The van der Waals surface area contributed by atoms with Gasteiger partial charge in [-0.25, -0.2) is 9.67 Å². The smallest absolute Gasteiger partial charge is 0.256 e. The van der Waals surface area contributed by atoms with Crippen molar-refractivity contribution in [2.75, 3.05) is 12.4 Å². The van der Waals surface area contributed by atoms with Gasteiger partial charge in [0.15, 0.2) is 5.65 Å². The summed E-state index contributed by atoms with van der Waals surface area (Å²) in [7, 11) is 1.61. The molecule has 6 heteroatoms. The van der Waals surface area contributed by atoms with Crippen molar-refractivity contribution in [2.24, 2.45) is 0 Å². The molecule has 2 heterocycles. The minimum atomic E-state index is -0.194. The Kier molecular flexibility index (Phi) is 4.99. The lowest BCUT2D eigenvalue weighted by Crippen LogP contribution is -2.13. The van der Waals surface area contributed by atoms with Gasteiger partial charge in [-0.3, -0.25) is 4.79 Å². The van der Waals surface area contributed by atoms with Gasteiger partial charge in [-0.1, -0.05) is 29.8 Å². The molecule has 0 spiro atoms. The van der Waals surface area contributed by atoms with Crippen LogP contribution < -0.4 is 10.1 Å². The van der Waals surface area contributed by atoms with Crippen LogP contribution in [0.2, 0.25) is 0 Å². The van der Waals surface area contributed by atoms with Crippen molar-refractivity contribution in [2.45, 2.75) is 20.4 Å². The largest absolute Gasteiger partial charge is 0.497 e. The fraction of sp³-hybridized carbons (Fsp3) is 0.174. The Labute approximate surface area is 169 Å². The zero-order chi connectivity index (χ0) is 20.4. The molecule has 4 rings (SSSR count). The first-order valence-electron chi connectivity index (χ1n) is 9.37. The van der Waals surface area contributed by atoms with Crippen LogP contribution in [0.25, 0.3) is 11.0 Å². The Morgan fingerprint density at radius 2 is 1.79 bits per heavy atom. The van der Waals surface area contributed by atoms with Crippen LogP contribution >= 0.6 is 0 Å². The SMILES string of the molecule is COc1ccc(NC(=O)c2cc(C)nc3c2cnn3Cc2ccc(C)cc2)cc1. The highest BCUT2D eigenvalue weighted by atomic mass is 16.5. The van der Waals surface area contributed by atoms with Crippen molar-refractivity contribution >= 4 is 22.6 Å². The molecule has 0 saturated heterocycles. The zero-order valence-electron chi connectivity index (χ0n) is 16.6. The van der Waals surface area contributed by atoms with E-state index in [9.17, 15) is 4.79 Å². The van der Waals surface area contributed by atoms with Gasteiger partial charge in [0.2, 0.25) is 0 Å². The van der Waals surface area contributed by atoms with E-state index in [0.29, 0.717) is 23.4 Å². The number of benzene rings is 2. The average molecular weight is 386 g/mol. The van der Waals surface area contributed by atoms with E-state index in [0.717, 1.165) is 22.4 Å². The molecule has 0 aliphatic rings. The fourth-order valence-electron chi connectivity index (χ4n) is 3.22. The number of hydrogen-bond donors (Lipinski definition) is 1. The number of aryl methyl sites for hydroxylation is 2. The molecule has 0 radical (unpaired) electrons. The third-order valence-electron chi connectivity index (χ3n) is 4.78. The van der Waals surface area contributed by atoms with E-state index in [4.69, 9.17) is 4.74 Å². The highest BCUT2D eigenvalue weighted by Gasteiger charge is 2.16. The van der Waals surface area contributed by atoms with Gasteiger partial charge in [0, 0.05) is 11.4 Å². The molecule has 0 atom stereocenters. The summed E-state index contributed by atoms with van der Waals surface area (Å²) in [5.41, 5.74) is 5.07. The molecule has 29 heavy (non-hydrogen) atoms. The summed E-state index contributed by atoms with van der Waals surface area (Å²) in [5, 5.41) is 8.15. The Morgan fingerprint density at radius 3 is 2.48 bits per heavy atom. The summed E-state index contributed by atoms with van der Waals surface area (Å²) >= 11 is 0. The lowest BCUT2D eigenvalue weighted by Gasteiger charge is -2.09. The second-order valence-electron chi connectivity index (χ2n) is 7.02. The number of amides is 1. The zero-order valence-corrected chi connectivity index (χ0v) is 16.6. The second-order valence-corrected chi connectivity index (χ2v) is 7.02. The van der Waals surface area contributed by atoms with Crippen molar-refractivity contribution in [3.05, 3.63) is 83.2 Å². The predicted molar refractivity (Wildman–Crippen MR) is 113 cm³/mol. The monoisotopic (exact) mass is 386 g/mol. The first-order chi connectivity index (χ1) is 14.0. The van der Waals surface area contributed by atoms with Crippen LogP contribution in [-0.4, -0.2) is 27.8 Å². The molecule has 0 aliphatic heterocycles. The Balaban J connectivity index is 1.64.